The maximum Gasteiger partial charge on any atom is 0.249 e. The molecule has 0 saturated carbocycles. The molecule has 0 spiro atoms. The number of anilines is 4. The van der Waals surface area contributed by atoms with Crippen LogP contribution < -0.4 is 10.6 Å². The molecule has 0 aliphatic carbocycles. The monoisotopic (exact) mass is 361 g/mol. The van der Waals surface area contributed by atoms with Crippen molar-refractivity contribution in [2.45, 2.75) is 33.1 Å². The van der Waals surface area contributed by atoms with E-state index in [1.165, 1.54) is 5.56 Å². The summed E-state index contributed by atoms with van der Waals surface area (Å²) in [6.07, 6.45) is 1.59. The molecule has 0 amide bonds. The lowest BCUT2D eigenvalue weighted by atomic mass is 9.86. The van der Waals surface area contributed by atoms with Gasteiger partial charge in [-0.1, -0.05) is 39.0 Å². The first kappa shape index (κ1) is 18.5. The van der Waals surface area contributed by atoms with Crippen molar-refractivity contribution in [1.29, 1.82) is 0 Å². The highest BCUT2D eigenvalue weighted by Gasteiger charge is 2.17. The average molecular weight is 361 g/mol. The van der Waals surface area contributed by atoms with Crippen LogP contribution in [0.1, 0.15) is 43.6 Å². The van der Waals surface area contributed by atoms with Crippen molar-refractivity contribution in [2.75, 3.05) is 10.6 Å². The zero-order chi connectivity index (χ0) is 19.4. The number of ketones is 1. The Morgan fingerprint density at radius 3 is 2.33 bits per heavy atom. The number of hydrogen-bond donors (Lipinski definition) is 2. The van der Waals surface area contributed by atoms with Gasteiger partial charge in [-0.3, -0.25) is 4.79 Å². The SMILES string of the molecule is CC(=O)c1ccc(Nc2nncc(Nc3ccccc3C(C)(C)C)n2)cc1. The smallest absolute Gasteiger partial charge is 0.249 e. The van der Waals surface area contributed by atoms with Crippen LogP contribution in [-0.2, 0) is 5.41 Å². The summed E-state index contributed by atoms with van der Waals surface area (Å²) in [5, 5.41) is 14.5. The second-order valence-electron chi connectivity index (χ2n) is 7.34. The van der Waals surface area contributed by atoms with Gasteiger partial charge in [-0.05, 0) is 48.2 Å². The number of carbonyl (C=O) groups excluding carboxylic acids is 1. The van der Waals surface area contributed by atoms with Crippen molar-refractivity contribution >= 4 is 28.9 Å². The van der Waals surface area contributed by atoms with E-state index in [1.54, 1.807) is 25.3 Å². The van der Waals surface area contributed by atoms with Crippen LogP contribution in [0.15, 0.2) is 54.7 Å². The third-order valence-corrected chi connectivity index (χ3v) is 4.10. The van der Waals surface area contributed by atoms with Crippen molar-refractivity contribution in [3.8, 4) is 0 Å². The molecule has 2 N–H and O–H groups in total. The summed E-state index contributed by atoms with van der Waals surface area (Å²) in [6, 6.07) is 15.3. The number of rotatable bonds is 5. The van der Waals surface area contributed by atoms with Crippen LogP contribution in [0.4, 0.5) is 23.1 Å². The Hall–Kier alpha value is -3.28. The molecule has 0 aliphatic rings. The van der Waals surface area contributed by atoms with E-state index in [0.717, 1.165) is 11.4 Å². The minimum atomic E-state index is 0.00356. The Balaban J connectivity index is 1.79. The largest absolute Gasteiger partial charge is 0.339 e. The molecule has 2 aromatic carbocycles. The van der Waals surface area contributed by atoms with E-state index in [2.05, 4.69) is 52.7 Å². The van der Waals surface area contributed by atoms with E-state index >= 15 is 0 Å². The van der Waals surface area contributed by atoms with Crippen LogP contribution in [0.2, 0.25) is 0 Å². The highest BCUT2D eigenvalue weighted by Crippen LogP contribution is 2.30. The topological polar surface area (TPSA) is 79.8 Å². The van der Waals surface area contributed by atoms with Gasteiger partial charge < -0.3 is 10.6 Å². The van der Waals surface area contributed by atoms with Gasteiger partial charge in [0.05, 0.1) is 6.20 Å². The molecule has 0 radical (unpaired) electrons. The van der Waals surface area contributed by atoms with Gasteiger partial charge in [0, 0.05) is 16.9 Å². The Bertz CT molecular complexity index is 945. The van der Waals surface area contributed by atoms with E-state index in [4.69, 9.17) is 0 Å². The van der Waals surface area contributed by atoms with E-state index in [0.29, 0.717) is 17.3 Å². The summed E-state index contributed by atoms with van der Waals surface area (Å²) < 4.78 is 0. The van der Waals surface area contributed by atoms with Crippen molar-refractivity contribution in [3.63, 3.8) is 0 Å². The Labute approximate surface area is 159 Å². The van der Waals surface area contributed by atoms with Crippen molar-refractivity contribution in [2.24, 2.45) is 0 Å². The molecular formula is C21H23N5O. The molecule has 0 saturated heterocycles. The second kappa shape index (κ2) is 7.53. The summed E-state index contributed by atoms with van der Waals surface area (Å²) in [7, 11) is 0. The third-order valence-electron chi connectivity index (χ3n) is 4.10. The molecule has 138 valence electrons. The molecule has 0 aliphatic heterocycles. The minimum absolute atomic E-state index is 0.00356. The number of hydrogen-bond acceptors (Lipinski definition) is 6. The quantitative estimate of drug-likeness (QED) is 0.632. The molecule has 3 aromatic rings. The fraction of sp³-hybridized carbons (Fsp3) is 0.238. The van der Waals surface area contributed by atoms with Crippen molar-refractivity contribution in [3.05, 3.63) is 65.9 Å². The lowest BCUT2D eigenvalue weighted by Crippen LogP contribution is -2.14. The van der Waals surface area contributed by atoms with Crippen molar-refractivity contribution < 1.29 is 4.79 Å². The fourth-order valence-corrected chi connectivity index (χ4v) is 2.72. The Kier molecular flexibility index (Phi) is 5.16. The first-order chi connectivity index (χ1) is 12.8. The second-order valence-corrected chi connectivity index (χ2v) is 7.34. The number of benzene rings is 2. The molecule has 3 rings (SSSR count). The molecule has 1 aromatic heterocycles. The van der Waals surface area contributed by atoms with Gasteiger partial charge in [0.2, 0.25) is 5.95 Å². The Morgan fingerprint density at radius 2 is 1.67 bits per heavy atom. The van der Waals surface area contributed by atoms with Crippen LogP contribution in [0.5, 0.6) is 0 Å². The summed E-state index contributed by atoms with van der Waals surface area (Å²) >= 11 is 0. The summed E-state index contributed by atoms with van der Waals surface area (Å²) in [4.78, 5) is 15.8. The molecule has 1 heterocycles. The van der Waals surface area contributed by atoms with Gasteiger partial charge in [0.15, 0.2) is 11.6 Å². The van der Waals surface area contributed by atoms with Crippen LogP contribution in [0.3, 0.4) is 0 Å². The predicted octanol–water partition coefficient (Wildman–Crippen LogP) is 4.86. The standard InChI is InChI=1S/C21H23N5O/c1-14(27)15-9-11-16(12-10-15)23-20-25-19(13-22-26-20)24-18-8-6-5-7-17(18)21(2,3)4/h5-13H,1-4H3,(H2,23,24,25,26). The molecule has 0 bridgehead atoms. The maximum absolute atomic E-state index is 11.4. The van der Waals surface area contributed by atoms with Gasteiger partial charge in [-0.15, -0.1) is 5.10 Å². The van der Waals surface area contributed by atoms with Crippen LogP contribution in [-0.4, -0.2) is 21.0 Å². The number of nitrogens with one attached hydrogen (secondary N) is 2. The van der Waals surface area contributed by atoms with Gasteiger partial charge in [-0.2, -0.15) is 10.1 Å². The van der Waals surface area contributed by atoms with Crippen LogP contribution in [0.25, 0.3) is 0 Å². The molecule has 0 atom stereocenters. The molecule has 0 unspecified atom stereocenters. The van der Waals surface area contributed by atoms with Crippen molar-refractivity contribution in [1.82, 2.24) is 15.2 Å². The number of Topliss-reactive ketones (excluding diaryl/α,β-unsaturated/α-hetero) is 1. The van der Waals surface area contributed by atoms with Crippen LogP contribution in [0, 0.1) is 0 Å². The summed E-state index contributed by atoms with van der Waals surface area (Å²) in [6.45, 7) is 8.05. The number of carbonyl (C=O) groups is 1. The summed E-state index contributed by atoms with van der Waals surface area (Å²) in [5.74, 6) is 1.01. The maximum atomic E-state index is 11.4. The number of nitrogens with zero attached hydrogens (tertiary/aromatic N) is 3. The zero-order valence-corrected chi connectivity index (χ0v) is 15.9. The molecule has 27 heavy (non-hydrogen) atoms. The predicted molar refractivity (Wildman–Crippen MR) is 108 cm³/mol. The fourth-order valence-electron chi connectivity index (χ4n) is 2.72. The third kappa shape index (κ3) is 4.67. The van der Waals surface area contributed by atoms with Gasteiger partial charge in [0.1, 0.15) is 0 Å². The number of aromatic nitrogens is 3. The Morgan fingerprint density at radius 1 is 0.963 bits per heavy atom. The summed E-state index contributed by atoms with van der Waals surface area (Å²) in [5.41, 5.74) is 3.63. The highest BCUT2D eigenvalue weighted by molar-refractivity contribution is 5.94. The van der Waals surface area contributed by atoms with Gasteiger partial charge in [0.25, 0.3) is 0 Å². The minimum Gasteiger partial charge on any atom is -0.339 e. The first-order valence-electron chi connectivity index (χ1n) is 8.77. The number of para-hydroxylation sites is 1. The van der Waals surface area contributed by atoms with Crippen LogP contribution >= 0.6 is 0 Å². The normalized spacial score (nSPS) is 11.1. The van der Waals surface area contributed by atoms with E-state index in [-0.39, 0.29) is 11.2 Å². The molecule has 6 nitrogen and oxygen atoms in total. The molecule has 0 fully saturated rings. The molecule has 6 heteroatoms. The van der Waals surface area contributed by atoms with E-state index in [1.807, 2.05) is 30.3 Å². The van der Waals surface area contributed by atoms with Gasteiger partial charge in [-0.25, -0.2) is 0 Å². The van der Waals surface area contributed by atoms with Gasteiger partial charge >= 0.3 is 0 Å². The zero-order valence-electron chi connectivity index (χ0n) is 15.9. The lowest BCUT2D eigenvalue weighted by molar-refractivity contribution is 0.101. The average Bonchev–Trinajstić information content (AvgIpc) is 2.62. The van der Waals surface area contributed by atoms with E-state index in [9.17, 15) is 4.79 Å². The molecular weight excluding hydrogens is 338 g/mol. The van der Waals surface area contributed by atoms with E-state index < -0.39 is 0 Å². The lowest BCUT2D eigenvalue weighted by Gasteiger charge is -2.23. The highest BCUT2D eigenvalue weighted by atomic mass is 16.1. The first-order valence-corrected chi connectivity index (χ1v) is 8.77.